The molecule has 0 aliphatic carbocycles. The van der Waals surface area contributed by atoms with E-state index < -0.39 is 11.7 Å². The van der Waals surface area contributed by atoms with Crippen LogP contribution in [0, 0.1) is 6.92 Å². The van der Waals surface area contributed by atoms with Crippen molar-refractivity contribution in [3.05, 3.63) is 89.0 Å². The summed E-state index contributed by atoms with van der Waals surface area (Å²) in [4.78, 5) is 25.0. The Morgan fingerprint density at radius 1 is 0.971 bits per heavy atom. The summed E-state index contributed by atoms with van der Waals surface area (Å²) in [5, 5.41) is 0. The zero-order valence-corrected chi connectivity index (χ0v) is 19.5. The van der Waals surface area contributed by atoms with Gasteiger partial charge in [0.25, 0.3) is 0 Å². The summed E-state index contributed by atoms with van der Waals surface area (Å²) in [7, 11) is 0. The van der Waals surface area contributed by atoms with Gasteiger partial charge in [-0.05, 0) is 48.9 Å². The molecule has 0 saturated carbocycles. The van der Waals surface area contributed by atoms with Crippen LogP contribution < -0.4 is 4.74 Å². The third kappa shape index (κ3) is 7.02. The summed E-state index contributed by atoms with van der Waals surface area (Å²) in [5.74, 6) is 0.423. The molecule has 0 radical (unpaired) electrons. The Kier molecular flexibility index (Phi) is 7.65. The molecule has 1 amide bonds. The molecule has 35 heavy (non-hydrogen) atoms. The maximum atomic E-state index is 12.7. The molecule has 3 aromatic rings. The molecule has 0 unspecified atom stereocenters. The van der Waals surface area contributed by atoms with Crippen molar-refractivity contribution < 1.29 is 22.7 Å². The monoisotopic (exact) mass is 484 g/mol. The maximum absolute atomic E-state index is 12.7. The molecule has 6 nitrogen and oxygen atoms in total. The second-order valence-electron chi connectivity index (χ2n) is 8.57. The van der Waals surface area contributed by atoms with Crippen LogP contribution in [0.3, 0.4) is 0 Å². The lowest BCUT2D eigenvalue weighted by Crippen LogP contribution is -2.49. The number of nitrogens with zero attached hydrogens (tertiary/aromatic N) is 4. The van der Waals surface area contributed by atoms with E-state index in [4.69, 9.17) is 4.74 Å². The zero-order chi connectivity index (χ0) is 24.8. The van der Waals surface area contributed by atoms with Gasteiger partial charge < -0.3 is 9.64 Å². The van der Waals surface area contributed by atoms with Crippen molar-refractivity contribution in [1.82, 2.24) is 19.8 Å². The molecule has 184 valence electrons. The number of aryl methyl sites for hydroxylation is 1. The highest BCUT2D eigenvalue weighted by Gasteiger charge is 2.30. The summed E-state index contributed by atoms with van der Waals surface area (Å²) in [6.45, 7) is 5.63. The van der Waals surface area contributed by atoms with Crippen LogP contribution in [0.4, 0.5) is 18.0 Å². The number of ether oxygens (including phenoxy) is 1. The van der Waals surface area contributed by atoms with Crippen LogP contribution in [-0.2, 0) is 19.0 Å². The first kappa shape index (κ1) is 24.7. The first-order valence-corrected chi connectivity index (χ1v) is 11.5. The standard InChI is InChI=1S/C26H27F3N4O2/c1-19-3-2-4-22(31-19)11-12-32-13-15-33(16-14-32)25(34)35-24-9-5-20(6-10-24)17-23-8-7-21(18-30-23)26(27,28)29/h2-10,18H,11-17H2,1H3. The summed E-state index contributed by atoms with van der Waals surface area (Å²) >= 11 is 0. The number of benzene rings is 1. The van der Waals surface area contributed by atoms with Crippen LogP contribution in [0.5, 0.6) is 5.75 Å². The van der Waals surface area contributed by atoms with Crippen molar-refractivity contribution in [2.24, 2.45) is 0 Å². The number of alkyl halides is 3. The quantitative estimate of drug-likeness (QED) is 0.505. The second-order valence-corrected chi connectivity index (χ2v) is 8.57. The molecule has 0 atom stereocenters. The van der Waals surface area contributed by atoms with Gasteiger partial charge in [0.2, 0.25) is 0 Å². The van der Waals surface area contributed by atoms with E-state index in [-0.39, 0.29) is 6.09 Å². The molecule has 1 saturated heterocycles. The minimum atomic E-state index is -4.40. The number of rotatable bonds is 6. The molecule has 1 aromatic carbocycles. The van der Waals surface area contributed by atoms with Crippen LogP contribution >= 0.6 is 0 Å². The normalized spacial score (nSPS) is 14.7. The van der Waals surface area contributed by atoms with Crippen LogP contribution in [0.25, 0.3) is 0 Å². The molecule has 4 rings (SSSR count). The van der Waals surface area contributed by atoms with Gasteiger partial charge in [-0.25, -0.2) is 4.79 Å². The number of carbonyl (C=O) groups excluding carboxylic acids is 1. The number of aromatic nitrogens is 2. The van der Waals surface area contributed by atoms with Crippen LogP contribution in [0.15, 0.2) is 60.8 Å². The van der Waals surface area contributed by atoms with E-state index in [0.29, 0.717) is 31.0 Å². The van der Waals surface area contributed by atoms with Crippen molar-refractivity contribution in [2.75, 3.05) is 32.7 Å². The van der Waals surface area contributed by atoms with E-state index >= 15 is 0 Å². The Hall–Kier alpha value is -3.46. The molecule has 3 heterocycles. The topological polar surface area (TPSA) is 58.6 Å². The fourth-order valence-corrected chi connectivity index (χ4v) is 3.91. The van der Waals surface area contributed by atoms with E-state index in [1.54, 1.807) is 29.2 Å². The molecule has 0 N–H and O–H groups in total. The number of carbonyl (C=O) groups is 1. The lowest BCUT2D eigenvalue weighted by Gasteiger charge is -2.33. The van der Waals surface area contributed by atoms with E-state index in [1.807, 2.05) is 25.1 Å². The molecular formula is C26H27F3N4O2. The van der Waals surface area contributed by atoms with E-state index in [2.05, 4.69) is 14.9 Å². The van der Waals surface area contributed by atoms with Gasteiger partial charge in [-0.15, -0.1) is 0 Å². The highest BCUT2D eigenvalue weighted by molar-refractivity contribution is 5.70. The lowest BCUT2D eigenvalue weighted by molar-refractivity contribution is -0.137. The molecule has 9 heteroatoms. The van der Waals surface area contributed by atoms with Crippen molar-refractivity contribution in [1.29, 1.82) is 0 Å². The van der Waals surface area contributed by atoms with Gasteiger partial charge in [-0.3, -0.25) is 14.9 Å². The largest absolute Gasteiger partial charge is 0.417 e. The van der Waals surface area contributed by atoms with Gasteiger partial charge >= 0.3 is 12.3 Å². The molecule has 0 bridgehead atoms. The molecule has 1 fully saturated rings. The van der Waals surface area contributed by atoms with Crippen molar-refractivity contribution in [2.45, 2.75) is 25.9 Å². The fraction of sp³-hybridized carbons (Fsp3) is 0.346. The van der Waals surface area contributed by atoms with Crippen molar-refractivity contribution in [3.63, 3.8) is 0 Å². The van der Waals surface area contributed by atoms with Gasteiger partial charge in [0.15, 0.2) is 0 Å². The Balaban J connectivity index is 1.22. The molecular weight excluding hydrogens is 457 g/mol. The number of halogens is 3. The number of hydrogen-bond donors (Lipinski definition) is 0. The average molecular weight is 485 g/mol. The van der Waals surface area contributed by atoms with E-state index in [9.17, 15) is 18.0 Å². The summed E-state index contributed by atoms with van der Waals surface area (Å²) in [6, 6.07) is 15.3. The van der Waals surface area contributed by atoms with Crippen LogP contribution in [-0.4, -0.2) is 58.6 Å². The van der Waals surface area contributed by atoms with Gasteiger partial charge in [-0.2, -0.15) is 13.2 Å². The lowest BCUT2D eigenvalue weighted by atomic mass is 10.1. The van der Waals surface area contributed by atoms with Gasteiger partial charge in [0.05, 0.1) is 5.56 Å². The zero-order valence-electron chi connectivity index (χ0n) is 19.5. The third-order valence-corrected chi connectivity index (χ3v) is 5.93. The van der Waals surface area contributed by atoms with Gasteiger partial charge in [0.1, 0.15) is 5.75 Å². The predicted molar refractivity (Wildman–Crippen MR) is 125 cm³/mol. The predicted octanol–water partition coefficient (Wildman–Crippen LogP) is 4.75. The van der Waals surface area contributed by atoms with E-state index in [0.717, 1.165) is 55.3 Å². The third-order valence-electron chi connectivity index (χ3n) is 5.93. The smallest absolute Gasteiger partial charge is 0.410 e. The van der Waals surface area contributed by atoms with Crippen molar-refractivity contribution >= 4 is 6.09 Å². The summed E-state index contributed by atoms with van der Waals surface area (Å²) in [5.41, 5.74) is 2.70. The minimum Gasteiger partial charge on any atom is -0.410 e. The Morgan fingerprint density at radius 3 is 2.34 bits per heavy atom. The molecule has 0 spiro atoms. The van der Waals surface area contributed by atoms with Crippen LogP contribution in [0.1, 0.15) is 28.2 Å². The van der Waals surface area contributed by atoms with E-state index in [1.165, 1.54) is 6.07 Å². The average Bonchev–Trinajstić information content (AvgIpc) is 2.84. The molecule has 1 aliphatic rings. The first-order chi connectivity index (χ1) is 16.8. The van der Waals surface area contributed by atoms with Crippen molar-refractivity contribution in [3.8, 4) is 5.75 Å². The number of pyridine rings is 2. The maximum Gasteiger partial charge on any atom is 0.417 e. The summed E-state index contributed by atoms with van der Waals surface area (Å²) < 4.78 is 43.5. The SMILES string of the molecule is Cc1cccc(CCN2CCN(C(=O)Oc3ccc(Cc4ccc(C(F)(F)F)cn4)cc3)CC2)n1. The molecule has 1 aliphatic heterocycles. The highest BCUT2D eigenvalue weighted by Crippen LogP contribution is 2.28. The number of amides is 1. The summed E-state index contributed by atoms with van der Waals surface area (Å²) in [6.07, 6.45) is -2.69. The van der Waals surface area contributed by atoms with Gasteiger partial charge in [-0.1, -0.05) is 18.2 Å². The Bertz CT molecular complexity index is 1130. The Labute approximate surface area is 202 Å². The van der Waals surface area contributed by atoms with Crippen LogP contribution in [0.2, 0.25) is 0 Å². The number of piperazine rings is 1. The fourth-order valence-electron chi connectivity index (χ4n) is 3.91. The number of hydrogen-bond acceptors (Lipinski definition) is 5. The minimum absolute atomic E-state index is 0.381. The van der Waals surface area contributed by atoms with Gasteiger partial charge in [0, 0.05) is 68.8 Å². The highest BCUT2D eigenvalue weighted by atomic mass is 19.4. The second kappa shape index (κ2) is 10.9. The Morgan fingerprint density at radius 2 is 1.71 bits per heavy atom. The first-order valence-electron chi connectivity index (χ1n) is 11.5. The molecule has 2 aromatic heterocycles.